The third kappa shape index (κ3) is 3.41. The highest BCUT2D eigenvalue weighted by atomic mass is 16.7. The number of benzene rings is 1. The molecule has 27 heavy (non-hydrogen) atoms. The Bertz CT molecular complexity index is 745. The average molecular weight is 369 g/mol. The van der Waals surface area contributed by atoms with Crippen LogP contribution in [0.4, 0.5) is 4.79 Å². The molecule has 2 fully saturated rings. The van der Waals surface area contributed by atoms with Gasteiger partial charge in [-0.05, 0) is 51.6 Å². The largest absolute Gasteiger partial charge is 0.490 e. The number of amides is 1. The number of rotatable bonds is 3. The van der Waals surface area contributed by atoms with Gasteiger partial charge in [-0.3, -0.25) is 0 Å². The highest BCUT2D eigenvalue weighted by Gasteiger charge is 2.56. The summed E-state index contributed by atoms with van der Waals surface area (Å²) in [6.07, 6.45) is 3.93. The van der Waals surface area contributed by atoms with Crippen LogP contribution in [-0.4, -0.2) is 42.4 Å². The van der Waals surface area contributed by atoms with Gasteiger partial charge in [-0.25, -0.2) is 4.79 Å². The molecule has 2 aliphatic heterocycles. The highest BCUT2D eigenvalue weighted by Crippen LogP contribution is 2.50. The normalized spacial score (nSPS) is 28.2. The standard InChI is InChI=1S/C21H28BNO4/c1-19(2)20(3,4)27-22(26-19)17-12-21(13-17)10-11-23(15-21)18(24)25-14-16-8-6-5-7-9-16/h5-9,12H,10-11,13-15H2,1-4H3. The van der Waals surface area contributed by atoms with Gasteiger partial charge in [-0.1, -0.05) is 36.4 Å². The molecule has 2 saturated heterocycles. The Labute approximate surface area is 161 Å². The van der Waals surface area contributed by atoms with Crippen molar-refractivity contribution in [3.05, 3.63) is 47.4 Å². The number of ether oxygens (including phenoxy) is 1. The predicted octanol–water partition coefficient (Wildman–Crippen LogP) is 3.98. The van der Waals surface area contributed by atoms with E-state index in [2.05, 4.69) is 33.8 Å². The van der Waals surface area contributed by atoms with Crippen molar-refractivity contribution < 1.29 is 18.8 Å². The van der Waals surface area contributed by atoms with Crippen LogP contribution < -0.4 is 0 Å². The lowest BCUT2D eigenvalue weighted by atomic mass is 9.58. The summed E-state index contributed by atoms with van der Waals surface area (Å²) in [7, 11) is -0.264. The maximum Gasteiger partial charge on any atom is 0.490 e. The van der Waals surface area contributed by atoms with E-state index in [1.165, 1.54) is 5.47 Å². The van der Waals surface area contributed by atoms with Crippen LogP contribution in [0.15, 0.2) is 41.9 Å². The Morgan fingerprint density at radius 3 is 2.41 bits per heavy atom. The SMILES string of the molecule is CC1(C)OB(C2=CC3(CCN(C(=O)OCc4ccccc4)C3)C2)OC1(C)C. The first kappa shape index (κ1) is 18.6. The summed E-state index contributed by atoms with van der Waals surface area (Å²) in [5.41, 5.74) is 1.64. The zero-order valence-electron chi connectivity index (χ0n) is 16.7. The summed E-state index contributed by atoms with van der Waals surface area (Å²) in [5, 5.41) is 0. The third-order valence-electron chi connectivity index (χ3n) is 6.45. The lowest BCUT2D eigenvalue weighted by Crippen LogP contribution is -2.41. The zero-order chi connectivity index (χ0) is 19.3. The van der Waals surface area contributed by atoms with Crippen molar-refractivity contribution in [1.82, 2.24) is 4.90 Å². The molecule has 0 bridgehead atoms. The summed E-state index contributed by atoms with van der Waals surface area (Å²) in [5.74, 6) is 0. The van der Waals surface area contributed by atoms with Crippen LogP contribution in [0.5, 0.6) is 0 Å². The van der Waals surface area contributed by atoms with E-state index in [1.54, 1.807) is 0 Å². The second-order valence-corrected chi connectivity index (χ2v) is 9.06. The quantitative estimate of drug-likeness (QED) is 0.757. The molecule has 1 spiro atoms. The van der Waals surface area contributed by atoms with Crippen molar-refractivity contribution in [2.24, 2.45) is 5.41 Å². The number of allylic oxidation sites excluding steroid dienone is 1. The average Bonchev–Trinajstić information content (AvgIpc) is 3.12. The monoisotopic (exact) mass is 369 g/mol. The summed E-state index contributed by atoms with van der Waals surface area (Å²) in [6, 6.07) is 9.78. The maximum atomic E-state index is 12.4. The van der Waals surface area contributed by atoms with E-state index in [0.717, 1.165) is 24.9 Å². The maximum absolute atomic E-state index is 12.4. The van der Waals surface area contributed by atoms with Crippen molar-refractivity contribution in [2.45, 2.75) is 58.3 Å². The smallest absolute Gasteiger partial charge is 0.445 e. The molecule has 1 aromatic carbocycles. The Morgan fingerprint density at radius 2 is 1.78 bits per heavy atom. The topological polar surface area (TPSA) is 48.0 Å². The first-order valence-electron chi connectivity index (χ1n) is 9.73. The molecule has 3 aliphatic rings. The van der Waals surface area contributed by atoms with Crippen LogP contribution in [0.25, 0.3) is 0 Å². The first-order chi connectivity index (χ1) is 12.7. The van der Waals surface area contributed by atoms with Crippen molar-refractivity contribution in [1.29, 1.82) is 0 Å². The minimum Gasteiger partial charge on any atom is -0.445 e. The van der Waals surface area contributed by atoms with E-state index in [4.69, 9.17) is 14.0 Å². The summed E-state index contributed by atoms with van der Waals surface area (Å²) < 4.78 is 17.7. The van der Waals surface area contributed by atoms with Gasteiger partial charge in [0.25, 0.3) is 0 Å². The minimum absolute atomic E-state index is 0.0602. The molecule has 6 heteroatoms. The third-order valence-corrected chi connectivity index (χ3v) is 6.45. The van der Waals surface area contributed by atoms with Gasteiger partial charge in [0.2, 0.25) is 0 Å². The number of carbonyl (C=O) groups is 1. The Kier molecular flexibility index (Phi) is 4.39. The van der Waals surface area contributed by atoms with Crippen LogP contribution in [0, 0.1) is 5.41 Å². The number of hydrogen-bond acceptors (Lipinski definition) is 4. The highest BCUT2D eigenvalue weighted by molar-refractivity contribution is 6.55. The Balaban J connectivity index is 1.32. The van der Waals surface area contributed by atoms with Gasteiger partial charge in [0.15, 0.2) is 0 Å². The fourth-order valence-corrected chi connectivity index (χ4v) is 4.04. The molecule has 0 N–H and O–H groups in total. The van der Waals surface area contributed by atoms with E-state index in [9.17, 15) is 4.79 Å². The van der Waals surface area contributed by atoms with Crippen LogP contribution >= 0.6 is 0 Å². The number of carbonyl (C=O) groups excluding carboxylic acids is 1. The van der Waals surface area contributed by atoms with Crippen molar-refractivity contribution >= 4 is 13.2 Å². The molecule has 4 rings (SSSR count). The molecule has 5 nitrogen and oxygen atoms in total. The van der Waals surface area contributed by atoms with Crippen molar-refractivity contribution in [2.75, 3.05) is 13.1 Å². The molecule has 1 amide bonds. The van der Waals surface area contributed by atoms with Gasteiger partial charge < -0.3 is 18.9 Å². The summed E-state index contributed by atoms with van der Waals surface area (Å²) in [4.78, 5) is 14.2. The minimum atomic E-state index is -0.315. The molecule has 0 saturated carbocycles. The first-order valence-corrected chi connectivity index (χ1v) is 9.73. The molecular formula is C21H28BNO4. The van der Waals surface area contributed by atoms with Crippen LogP contribution in [0.3, 0.4) is 0 Å². The van der Waals surface area contributed by atoms with Crippen LogP contribution in [0.2, 0.25) is 0 Å². The number of likely N-dealkylation sites (tertiary alicyclic amines) is 1. The lowest BCUT2D eigenvalue weighted by Gasteiger charge is -2.37. The second-order valence-electron chi connectivity index (χ2n) is 9.06. The summed E-state index contributed by atoms with van der Waals surface area (Å²) >= 11 is 0. The molecule has 1 aliphatic carbocycles. The molecule has 0 radical (unpaired) electrons. The van der Waals surface area contributed by atoms with E-state index >= 15 is 0 Å². The second kappa shape index (κ2) is 6.38. The van der Waals surface area contributed by atoms with Crippen LogP contribution in [0.1, 0.15) is 46.1 Å². The van der Waals surface area contributed by atoms with Crippen molar-refractivity contribution in [3.8, 4) is 0 Å². The zero-order valence-corrected chi connectivity index (χ0v) is 16.7. The molecule has 1 atom stereocenters. The van der Waals surface area contributed by atoms with Crippen LogP contribution in [-0.2, 0) is 20.7 Å². The molecule has 144 valence electrons. The van der Waals surface area contributed by atoms with Gasteiger partial charge in [-0.15, -0.1) is 0 Å². The van der Waals surface area contributed by atoms with Gasteiger partial charge in [0.1, 0.15) is 6.61 Å². The lowest BCUT2D eigenvalue weighted by molar-refractivity contribution is 0.00578. The molecule has 1 aromatic rings. The van der Waals surface area contributed by atoms with Gasteiger partial charge >= 0.3 is 13.2 Å². The molecule has 2 heterocycles. The Morgan fingerprint density at radius 1 is 1.15 bits per heavy atom. The van der Waals surface area contributed by atoms with Crippen molar-refractivity contribution in [3.63, 3.8) is 0 Å². The molecular weight excluding hydrogens is 341 g/mol. The number of hydrogen-bond donors (Lipinski definition) is 0. The van der Waals surface area contributed by atoms with Gasteiger partial charge in [-0.2, -0.15) is 0 Å². The fraction of sp³-hybridized carbons (Fsp3) is 0.571. The predicted molar refractivity (Wildman–Crippen MR) is 104 cm³/mol. The fourth-order valence-electron chi connectivity index (χ4n) is 4.04. The van der Waals surface area contributed by atoms with E-state index in [0.29, 0.717) is 13.2 Å². The number of nitrogens with zero attached hydrogens (tertiary/aromatic N) is 1. The van der Waals surface area contributed by atoms with E-state index in [-0.39, 0.29) is 29.8 Å². The van der Waals surface area contributed by atoms with Gasteiger partial charge in [0.05, 0.1) is 11.2 Å². The van der Waals surface area contributed by atoms with E-state index in [1.807, 2.05) is 35.2 Å². The van der Waals surface area contributed by atoms with Gasteiger partial charge in [0, 0.05) is 18.5 Å². The summed E-state index contributed by atoms with van der Waals surface area (Å²) in [6.45, 7) is 10.1. The van der Waals surface area contributed by atoms with E-state index < -0.39 is 0 Å². The molecule has 0 aromatic heterocycles. The molecule has 1 unspecified atom stereocenters. The Hall–Kier alpha value is -1.79.